The lowest BCUT2D eigenvalue weighted by atomic mass is 10.1. The Hall–Kier alpha value is -3.64. The maximum atomic E-state index is 10.8. The van der Waals surface area contributed by atoms with Crippen molar-refractivity contribution in [2.24, 2.45) is 0 Å². The number of aromatic nitrogens is 2. The Morgan fingerprint density at radius 2 is 2.11 bits per heavy atom. The van der Waals surface area contributed by atoms with E-state index in [1.807, 2.05) is 43.1 Å². The first-order valence-corrected chi connectivity index (χ1v) is 11.5. The van der Waals surface area contributed by atoms with Crippen LogP contribution in [-0.2, 0) is 9.53 Å². The molecule has 0 spiro atoms. The lowest BCUT2D eigenvalue weighted by molar-refractivity contribution is -0.107. The van der Waals surface area contributed by atoms with Gasteiger partial charge >= 0.3 is 0 Å². The fourth-order valence-electron chi connectivity index (χ4n) is 3.16. The molecule has 0 aliphatic carbocycles. The number of nitrogen functional groups attached to an aromatic ring is 1. The molecule has 0 saturated carbocycles. The van der Waals surface area contributed by atoms with Crippen molar-refractivity contribution < 1.29 is 14.3 Å². The number of benzene rings is 2. The average Bonchev–Trinajstić information content (AvgIpc) is 2.82. The molecule has 1 heterocycles. The van der Waals surface area contributed by atoms with Gasteiger partial charge in [0, 0.05) is 35.9 Å². The largest absolute Gasteiger partial charge is 0.489 e. The third-order valence-corrected chi connectivity index (χ3v) is 4.96. The molecule has 2 aromatic carbocycles. The van der Waals surface area contributed by atoms with Crippen LogP contribution in [0, 0.1) is 11.8 Å². The number of fused-ring (bicyclic) bond motifs is 1. The second kappa shape index (κ2) is 13.3. The van der Waals surface area contributed by atoms with Gasteiger partial charge < -0.3 is 20.5 Å². The number of halogens is 1. The van der Waals surface area contributed by atoms with E-state index in [1.54, 1.807) is 18.2 Å². The average molecular weight is 494 g/mol. The Bertz CT molecular complexity index is 1250. The van der Waals surface area contributed by atoms with Crippen LogP contribution >= 0.6 is 11.6 Å². The van der Waals surface area contributed by atoms with E-state index in [0.717, 1.165) is 16.6 Å². The minimum absolute atomic E-state index is 0.410. The number of hydrogen-bond donors (Lipinski definition) is 2. The van der Waals surface area contributed by atoms with Crippen LogP contribution in [0.4, 0.5) is 17.2 Å². The second-order valence-electron chi connectivity index (χ2n) is 7.59. The third-order valence-electron chi connectivity index (χ3n) is 4.83. The quantitative estimate of drug-likeness (QED) is 0.136. The number of carbonyl (C=O) groups is 1. The first-order valence-electron chi connectivity index (χ1n) is 11.1. The van der Waals surface area contributed by atoms with Crippen LogP contribution in [0.15, 0.2) is 54.9 Å². The molecular weight excluding hydrogens is 466 g/mol. The highest BCUT2D eigenvalue weighted by molar-refractivity contribution is 6.66. The molecule has 0 atom stereocenters. The summed E-state index contributed by atoms with van der Waals surface area (Å²) < 4.78 is 11.0. The lowest BCUT2D eigenvalue weighted by Crippen LogP contribution is -2.18. The van der Waals surface area contributed by atoms with Crippen LogP contribution in [0.1, 0.15) is 12.5 Å². The maximum Gasteiger partial charge on any atom is 0.244 e. The fourth-order valence-corrected chi connectivity index (χ4v) is 3.25. The zero-order valence-electron chi connectivity index (χ0n) is 19.8. The van der Waals surface area contributed by atoms with Gasteiger partial charge in [-0.1, -0.05) is 24.0 Å². The van der Waals surface area contributed by atoms with Crippen LogP contribution in [0.3, 0.4) is 0 Å². The van der Waals surface area contributed by atoms with E-state index in [1.165, 1.54) is 12.4 Å². The molecule has 8 nitrogen and oxygen atoms in total. The van der Waals surface area contributed by atoms with Crippen molar-refractivity contribution in [1.82, 2.24) is 14.9 Å². The van der Waals surface area contributed by atoms with Gasteiger partial charge in [0.1, 0.15) is 24.5 Å². The highest BCUT2D eigenvalue weighted by atomic mass is 35.5. The van der Waals surface area contributed by atoms with Crippen LogP contribution in [0.2, 0.25) is 0 Å². The summed E-state index contributed by atoms with van der Waals surface area (Å²) >= 11 is 5.29. The number of anilines is 3. The van der Waals surface area contributed by atoms with E-state index in [4.69, 9.17) is 26.8 Å². The van der Waals surface area contributed by atoms with E-state index in [-0.39, 0.29) is 0 Å². The molecule has 0 fully saturated rings. The molecule has 0 saturated heterocycles. The minimum Gasteiger partial charge on any atom is -0.489 e. The number of likely N-dealkylation sites (N-methyl/N-ethyl adjacent to an activating group) is 1. The van der Waals surface area contributed by atoms with Gasteiger partial charge in [0.25, 0.3) is 0 Å². The van der Waals surface area contributed by atoms with Gasteiger partial charge in [-0.2, -0.15) is 0 Å². The summed E-state index contributed by atoms with van der Waals surface area (Å²) in [5.41, 5.74) is 9.13. The molecule has 0 unspecified atom stereocenters. The molecule has 182 valence electrons. The number of carbonyl (C=O) groups excluding carboxylic acids is 1. The first-order chi connectivity index (χ1) is 17.0. The van der Waals surface area contributed by atoms with Crippen LogP contribution < -0.4 is 15.8 Å². The fraction of sp³-hybridized carbons (Fsp3) is 0.269. The summed E-state index contributed by atoms with van der Waals surface area (Å²) in [6, 6.07) is 11.4. The predicted octanol–water partition coefficient (Wildman–Crippen LogP) is 3.98. The molecule has 35 heavy (non-hydrogen) atoms. The van der Waals surface area contributed by atoms with Gasteiger partial charge in [0.15, 0.2) is 0 Å². The highest BCUT2D eigenvalue weighted by Crippen LogP contribution is 2.31. The molecule has 0 aliphatic heterocycles. The Morgan fingerprint density at radius 3 is 2.91 bits per heavy atom. The molecule has 3 rings (SSSR count). The molecule has 0 radical (unpaired) electrons. The highest BCUT2D eigenvalue weighted by Gasteiger charge is 2.10. The van der Waals surface area contributed by atoms with Gasteiger partial charge in [0.2, 0.25) is 5.24 Å². The van der Waals surface area contributed by atoms with E-state index in [0.29, 0.717) is 55.7 Å². The van der Waals surface area contributed by atoms with Crippen molar-refractivity contribution in [3.8, 4) is 17.6 Å². The standard InChI is InChI=1S/C26H28ClN5O3/c1-3-34-13-14-35-24-17-23-21(16-22(24)28)26(30-18-29-23)31-20-9-4-7-19(15-20)8-5-11-32(2)12-6-10-25(27)33/h4,6-7,9-10,15-18H,3,11-14,28H2,1-2H3,(H,29,30,31)/b10-6+. The normalized spacial score (nSPS) is 11.0. The Labute approximate surface area is 210 Å². The summed E-state index contributed by atoms with van der Waals surface area (Å²) in [7, 11) is 1.91. The van der Waals surface area contributed by atoms with Crippen LogP contribution in [0.5, 0.6) is 5.75 Å². The molecule has 1 aromatic heterocycles. The van der Waals surface area contributed by atoms with E-state index in [9.17, 15) is 4.79 Å². The van der Waals surface area contributed by atoms with Gasteiger partial charge in [-0.3, -0.25) is 9.69 Å². The Balaban J connectivity index is 1.70. The van der Waals surface area contributed by atoms with E-state index < -0.39 is 5.24 Å². The smallest absolute Gasteiger partial charge is 0.244 e. The zero-order chi connectivity index (χ0) is 25.0. The second-order valence-corrected chi connectivity index (χ2v) is 7.96. The number of rotatable bonds is 11. The molecular formula is C26H28ClN5O3. The summed E-state index contributed by atoms with van der Waals surface area (Å²) in [6.07, 6.45) is 4.54. The molecule has 0 bridgehead atoms. The molecule has 3 aromatic rings. The number of nitrogens with zero attached hydrogens (tertiary/aromatic N) is 3. The number of hydrogen-bond acceptors (Lipinski definition) is 8. The first kappa shape index (κ1) is 26.0. The van der Waals surface area contributed by atoms with Gasteiger partial charge in [-0.15, -0.1) is 0 Å². The van der Waals surface area contributed by atoms with Crippen molar-refractivity contribution >= 4 is 44.9 Å². The van der Waals surface area contributed by atoms with Crippen molar-refractivity contribution in [3.63, 3.8) is 0 Å². The molecule has 0 aliphatic rings. The summed E-state index contributed by atoms with van der Waals surface area (Å²) in [6.45, 7) is 4.60. The van der Waals surface area contributed by atoms with Crippen molar-refractivity contribution in [1.29, 1.82) is 0 Å². The van der Waals surface area contributed by atoms with E-state index >= 15 is 0 Å². The molecule has 0 amide bonds. The molecule has 9 heteroatoms. The van der Waals surface area contributed by atoms with Gasteiger partial charge in [0.05, 0.1) is 24.4 Å². The van der Waals surface area contributed by atoms with Gasteiger partial charge in [-0.05, 0) is 55.9 Å². The number of allylic oxidation sites excluding steroid dienone is 1. The minimum atomic E-state index is -0.487. The lowest BCUT2D eigenvalue weighted by Gasteiger charge is -2.12. The third kappa shape index (κ3) is 8.26. The van der Waals surface area contributed by atoms with E-state index in [2.05, 4.69) is 27.1 Å². The van der Waals surface area contributed by atoms with Crippen molar-refractivity contribution in [2.45, 2.75) is 6.92 Å². The number of ether oxygens (including phenoxy) is 2. The molecule has 3 N–H and O–H groups in total. The summed E-state index contributed by atoms with van der Waals surface area (Å²) in [5, 5.41) is 3.63. The monoisotopic (exact) mass is 493 g/mol. The summed E-state index contributed by atoms with van der Waals surface area (Å²) in [5.74, 6) is 7.48. The number of nitrogens with one attached hydrogen (secondary N) is 1. The van der Waals surface area contributed by atoms with Gasteiger partial charge in [-0.25, -0.2) is 9.97 Å². The van der Waals surface area contributed by atoms with Crippen molar-refractivity contribution in [3.05, 3.63) is 60.4 Å². The topological polar surface area (TPSA) is 103 Å². The Kier molecular flexibility index (Phi) is 9.87. The van der Waals surface area contributed by atoms with Crippen molar-refractivity contribution in [2.75, 3.05) is 51.0 Å². The Morgan fingerprint density at radius 1 is 1.26 bits per heavy atom. The predicted molar refractivity (Wildman–Crippen MR) is 140 cm³/mol. The maximum absolute atomic E-state index is 10.8. The van der Waals surface area contributed by atoms with Crippen LogP contribution in [-0.4, -0.2) is 60.1 Å². The number of nitrogens with two attached hydrogens (primary N) is 1. The summed E-state index contributed by atoms with van der Waals surface area (Å²) in [4.78, 5) is 21.5. The van der Waals surface area contributed by atoms with Crippen LogP contribution in [0.25, 0.3) is 10.9 Å². The zero-order valence-corrected chi connectivity index (χ0v) is 20.5. The SMILES string of the molecule is CCOCCOc1cc2ncnc(Nc3cccc(C#CCN(C)C/C=C/C(=O)Cl)c3)c2cc1N.